The van der Waals surface area contributed by atoms with Crippen molar-refractivity contribution in [3.05, 3.63) is 46.0 Å². The standard InChI is InChI=1S/C16H21N3S/c1-11-6-8-12(9-7-11)10-19(2)16-18-14-5-3-4-13(17)15(14)20-16/h6-9,13H,3-5,10,17H2,1-2H3. The zero-order valence-electron chi connectivity index (χ0n) is 12.1. The Labute approximate surface area is 124 Å². The Morgan fingerprint density at radius 3 is 2.80 bits per heavy atom. The molecule has 3 rings (SSSR count). The van der Waals surface area contributed by atoms with Crippen molar-refractivity contribution in [1.82, 2.24) is 4.98 Å². The van der Waals surface area contributed by atoms with Crippen LogP contribution >= 0.6 is 11.3 Å². The first kappa shape index (κ1) is 13.6. The van der Waals surface area contributed by atoms with Crippen LogP contribution in [0.3, 0.4) is 0 Å². The quantitative estimate of drug-likeness (QED) is 0.940. The Kier molecular flexibility index (Phi) is 3.76. The van der Waals surface area contributed by atoms with Gasteiger partial charge in [-0.05, 0) is 31.7 Å². The molecule has 1 aromatic heterocycles. The number of thiazole rings is 1. The number of benzene rings is 1. The number of hydrogen-bond donors (Lipinski definition) is 1. The van der Waals surface area contributed by atoms with Crippen LogP contribution in [0.2, 0.25) is 0 Å². The SMILES string of the molecule is Cc1ccc(CN(C)c2nc3c(s2)C(N)CCC3)cc1. The van der Waals surface area contributed by atoms with E-state index in [0.717, 1.165) is 24.5 Å². The lowest BCUT2D eigenvalue weighted by molar-refractivity contribution is 0.573. The van der Waals surface area contributed by atoms with E-state index in [1.165, 1.54) is 28.1 Å². The molecule has 1 aliphatic rings. The van der Waals surface area contributed by atoms with Crippen LogP contribution in [0.4, 0.5) is 5.13 Å². The van der Waals surface area contributed by atoms with Crippen LogP contribution in [0.15, 0.2) is 24.3 Å². The Morgan fingerprint density at radius 1 is 1.35 bits per heavy atom. The fraction of sp³-hybridized carbons (Fsp3) is 0.438. The summed E-state index contributed by atoms with van der Waals surface area (Å²) in [7, 11) is 2.11. The Bertz CT molecular complexity index is 588. The van der Waals surface area contributed by atoms with Crippen LogP contribution in [-0.4, -0.2) is 12.0 Å². The van der Waals surface area contributed by atoms with Crippen molar-refractivity contribution >= 4 is 16.5 Å². The van der Waals surface area contributed by atoms with Crippen molar-refractivity contribution in [3.8, 4) is 0 Å². The summed E-state index contributed by atoms with van der Waals surface area (Å²) in [6, 6.07) is 8.88. The van der Waals surface area contributed by atoms with Crippen molar-refractivity contribution in [2.24, 2.45) is 5.73 Å². The van der Waals surface area contributed by atoms with Crippen molar-refractivity contribution < 1.29 is 0 Å². The minimum Gasteiger partial charge on any atom is -0.347 e. The second-order valence-electron chi connectivity index (χ2n) is 5.65. The average Bonchev–Trinajstić information content (AvgIpc) is 2.87. The minimum atomic E-state index is 0.192. The molecular weight excluding hydrogens is 266 g/mol. The molecule has 0 spiro atoms. The Balaban J connectivity index is 1.77. The molecule has 4 heteroatoms. The highest BCUT2D eigenvalue weighted by molar-refractivity contribution is 7.15. The van der Waals surface area contributed by atoms with Gasteiger partial charge in [0.25, 0.3) is 0 Å². The van der Waals surface area contributed by atoms with Gasteiger partial charge in [0.15, 0.2) is 5.13 Å². The lowest BCUT2D eigenvalue weighted by Gasteiger charge is -2.16. The third-order valence-electron chi connectivity index (χ3n) is 3.85. The first-order chi connectivity index (χ1) is 9.63. The molecule has 2 N–H and O–H groups in total. The van der Waals surface area contributed by atoms with E-state index in [2.05, 4.69) is 43.1 Å². The first-order valence-corrected chi connectivity index (χ1v) is 7.97. The predicted octanol–water partition coefficient (Wildman–Crippen LogP) is 3.42. The van der Waals surface area contributed by atoms with E-state index in [1.807, 2.05) is 0 Å². The number of fused-ring (bicyclic) bond motifs is 1. The number of rotatable bonds is 3. The van der Waals surface area contributed by atoms with Crippen LogP contribution in [0.1, 0.15) is 40.6 Å². The van der Waals surface area contributed by atoms with E-state index in [-0.39, 0.29) is 6.04 Å². The molecule has 106 valence electrons. The van der Waals surface area contributed by atoms with E-state index in [4.69, 9.17) is 10.7 Å². The van der Waals surface area contributed by atoms with Crippen molar-refractivity contribution in [2.75, 3.05) is 11.9 Å². The highest BCUT2D eigenvalue weighted by Crippen LogP contribution is 2.36. The van der Waals surface area contributed by atoms with Crippen molar-refractivity contribution in [2.45, 2.75) is 38.8 Å². The van der Waals surface area contributed by atoms with E-state index in [9.17, 15) is 0 Å². The lowest BCUT2D eigenvalue weighted by Crippen LogP contribution is -2.16. The second-order valence-corrected chi connectivity index (χ2v) is 6.66. The molecule has 0 bridgehead atoms. The van der Waals surface area contributed by atoms with Crippen LogP contribution in [0.25, 0.3) is 0 Å². The topological polar surface area (TPSA) is 42.2 Å². The molecule has 1 unspecified atom stereocenters. The minimum absolute atomic E-state index is 0.192. The maximum atomic E-state index is 6.18. The zero-order valence-corrected chi connectivity index (χ0v) is 12.9. The Hall–Kier alpha value is -1.39. The summed E-state index contributed by atoms with van der Waals surface area (Å²) in [4.78, 5) is 8.30. The van der Waals surface area contributed by atoms with Crippen LogP contribution in [-0.2, 0) is 13.0 Å². The molecule has 1 aliphatic carbocycles. The monoisotopic (exact) mass is 287 g/mol. The van der Waals surface area contributed by atoms with E-state index in [0.29, 0.717) is 0 Å². The molecule has 2 aromatic rings. The van der Waals surface area contributed by atoms with Gasteiger partial charge in [0.05, 0.1) is 5.69 Å². The number of aryl methyl sites for hydroxylation is 2. The fourth-order valence-corrected chi connectivity index (χ4v) is 3.75. The highest BCUT2D eigenvalue weighted by Gasteiger charge is 2.22. The van der Waals surface area contributed by atoms with Crippen molar-refractivity contribution in [3.63, 3.8) is 0 Å². The number of anilines is 1. The van der Waals surface area contributed by atoms with Crippen LogP contribution < -0.4 is 10.6 Å². The largest absolute Gasteiger partial charge is 0.347 e. The molecule has 0 aliphatic heterocycles. The van der Waals surface area contributed by atoms with Crippen LogP contribution in [0, 0.1) is 6.92 Å². The predicted molar refractivity (Wildman–Crippen MR) is 85.3 cm³/mol. The van der Waals surface area contributed by atoms with E-state index >= 15 is 0 Å². The molecule has 0 saturated carbocycles. The molecule has 20 heavy (non-hydrogen) atoms. The van der Waals surface area contributed by atoms with Gasteiger partial charge in [-0.1, -0.05) is 41.2 Å². The molecule has 1 aromatic carbocycles. The maximum absolute atomic E-state index is 6.18. The van der Waals surface area contributed by atoms with Gasteiger partial charge in [-0.15, -0.1) is 0 Å². The highest BCUT2D eigenvalue weighted by atomic mass is 32.1. The summed E-state index contributed by atoms with van der Waals surface area (Å²) in [6.45, 7) is 3.01. The van der Waals surface area contributed by atoms with Gasteiger partial charge in [-0.3, -0.25) is 0 Å². The lowest BCUT2D eigenvalue weighted by atomic mass is 9.99. The average molecular weight is 287 g/mol. The molecule has 1 heterocycles. The number of nitrogens with two attached hydrogens (primary N) is 1. The summed E-state index contributed by atoms with van der Waals surface area (Å²) in [6.07, 6.45) is 3.34. The molecule has 0 fully saturated rings. The van der Waals surface area contributed by atoms with Gasteiger partial charge in [0, 0.05) is 24.5 Å². The summed E-state index contributed by atoms with van der Waals surface area (Å²) in [5, 5.41) is 1.09. The normalized spacial score (nSPS) is 17.9. The molecule has 0 radical (unpaired) electrons. The van der Waals surface area contributed by atoms with Crippen LogP contribution in [0.5, 0.6) is 0 Å². The molecule has 1 atom stereocenters. The smallest absolute Gasteiger partial charge is 0.185 e. The second kappa shape index (κ2) is 5.54. The zero-order chi connectivity index (χ0) is 14.1. The summed E-state index contributed by atoms with van der Waals surface area (Å²) >= 11 is 1.76. The third kappa shape index (κ3) is 2.72. The van der Waals surface area contributed by atoms with Gasteiger partial charge in [-0.2, -0.15) is 0 Å². The molecule has 0 amide bonds. The molecule has 3 nitrogen and oxygen atoms in total. The van der Waals surface area contributed by atoms with Crippen molar-refractivity contribution in [1.29, 1.82) is 0 Å². The third-order valence-corrected chi connectivity index (χ3v) is 5.19. The summed E-state index contributed by atoms with van der Waals surface area (Å²) in [5.74, 6) is 0. The van der Waals surface area contributed by atoms with Gasteiger partial charge >= 0.3 is 0 Å². The van der Waals surface area contributed by atoms with E-state index < -0.39 is 0 Å². The van der Waals surface area contributed by atoms with Gasteiger partial charge < -0.3 is 10.6 Å². The first-order valence-electron chi connectivity index (χ1n) is 7.15. The van der Waals surface area contributed by atoms with Gasteiger partial charge in [0.1, 0.15) is 0 Å². The summed E-state index contributed by atoms with van der Waals surface area (Å²) in [5.41, 5.74) is 10.0. The number of aromatic nitrogens is 1. The van der Waals surface area contributed by atoms with Gasteiger partial charge in [0.2, 0.25) is 0 Å². The Morgan fingerprint density at radius 2 is 2.10 bits per heavy atom. The number of hydrogen-bond acceptors (Lipinski definition) is 4. The fourth-order valence-electron chi connectivity index (χ4n) is 2.64. The number of nitrogens with zero attached hydrogens (tertiary/aromatic N) is 2. The van der Waals surface area contributed by atoms with Gasteiger partial charge in [-0.25, -0.2) is 4.98 Å². The summed E-state index contributed by atoms with van der Waals surface area (Å²) < 4.78 is 0. The molecular formula is C16H21N3S. The maximum Gasteiger partial charge on any atom is 0.185 e. The van der Waals surface area contributed by atoms with E-state index in [1.54, 1.807) is 11.3 Å². The molecule has 0 saturated heterocycles.